The van der Waals surface area contributed by atoms with Gasteiger partial charge in [-0.25, -0.2) is 15.0 Å². The molecule has 5 nitrogen and oxygen atoms in total. The molecule has 234 valence electrons. The summed E-state index contributed by atoms with van der Waals surface area (Å²) in [4.78, 5) is 15.0. The smallest absolute Gasteiger partial charge is 0.164 e. The molecule has 0 spiro atoms. The minimum atomic E-state index is -0.482. The predicted octanol–water partition coefficient (Wildman–Crippen LogP) is 12.0. The summed E-state index contributed by atoms with van der Waals surface area (Å²) < 4.78 is 72.6. The van der Waals surface area contributed by atoms with Crippen LogP contribution in [0, 0.1) is 0 Å². The maximum absolute atomic E-state index is 9.31. The fraction of sp³-hybridized carbons (Fsp3) is 0. The normalized spacial score (nSPS) is 13.6. The molecule has 10 aromatic rings. The van der Waals surface area contributed by atoms with Gasteiger partial charge in [-0.15, -0.1) is 0 Å². The SMILES string of the molecule is [2H]c1c([2H])c([2H])c2c(oc3c([2H])c([2H])c(-c4cccc(-c5nc(-c6ccc(-c7ccccc7)cc6)nc(-c6cccc7oc8ccccc8c67)n5)c4)c([2H])c32)c1[2H]. The topological polar surface area (TPSA) is 65.0 Å². The van der Waals surface area contributed by atoms with E-state index in [0.29, 0.717) is 34.2 Å². The number of benzene rings is 7. The molecule has 10 rings (SSSR count). The lowest BCUT2D eigenvalue weighted by Crippen LogP contribution is -2.00. The van der Waals surface area contributed by atoms with E-state index >= 15 is 0 Å². The van der Waals surface area contributed by atoms with Crippen molar-refractivity contribution in [2.45, 2.75) is 0 Å². The van der Waals surface area contributed by atoms with Crippen molar-refractivity contribution in [3.63, 3.8) is 0 Å². The molecule has 3 heterocycles. The van der Waals surface area contributed by atoms with E-state index in [0.717, 1.165) is 38.6 Å². The van der Waals surface area contributed by atoms with Gasteiger partial charge >= 0.3 is 0 Å². The number of hydrogen-bond acceptors (Lipinski definition) is 5. The molecule has 0 N–H and O–H groups in total. The average Bonchev–Trinajstić information content (AvgIpc) is 3.85. The minimum Gasteiger partial charge on any atom is -0.456 e. The Bertz CT molecular complexity index is 3270. The number of fused-ring (bicyclic) bond motifs is 6. The highest BCUT2D eigenvalue weighted by atomic mass is 16.3. The van der Waals surface area contributed by atoms with E-state index in [4.69, 9.17) is 32.0 Å². The summed E-state index contributed by atoms with van der Waals surface area (Å²) in [6.45, 7) is 0. The van der Waals surface area contributed by atoms with Crippen LogP contribution in [0.2, 0.25) is 0 Å². The molecule has 0 aliphatic heterocycles. The second kappa shape index (κ2) is 11.4. The Kier molecular flexibility index (Phi) is 4.99. The zero-order valence-corrected chi connectivity index (χ0v) is 26.2. The molecule has 7 aromatic carbocycles. The average molecular weight is 649 g/mol. The van der Waals surface area contributed by atoms with Crippen molar-refractivity contribution < 1.29 is 18.4 Å². The van der Waals surface area contributed by atoms with E-state index in [1.165, 1.54) is 0 Å². The predicted molar refractivity (Wildman–Crippen MR) is 202 cm³/mol. The molecule has 0 fully saturated rings. The van der Waals surface area contributed by atoms with Crippen molar-refractivity contribution in [1.29, 1.82) is 0 Å². The summed E-state index contributed by atoms with van der Waals surface area (Å²) in [7, 11) is 0. The van der Waals surface area contributed by atoms with Gasteiger partial charge < -0.3 is 8.83 Å². The van der Waals surface area contributed by atoms with Gasteiger partial charge in [-0.3, -0.25) is 0 Å². The lowest BCUT2D eigenvalue weighted by molar-refractivity contribution is 0.668. The number of furan rings is 2. The maximum atomic E-state index is 9.31. The van der Waals surface area contributed by atoms with E-state index in [2.05, 4.69) is 12.1 Å². The first-order valence-electron chi connectivity index (χ1n) is 19.5. The standard InChI is InChI=1S/C45H27N3O2/c1-2-10-28(11-3-1)29-20-22-30(23-21-29)43-46-44(48-45(47-43)36-16-9-19-41-42(36)35-15-5-7-18-39(35)50-41)33-13-8-12-31(26-33)32-24-25-40-37(27-32)34-14-4-6-17-38(34)49-40/h1-27H/i4D,6D,14D,17D,24D,25D,27D. The molecule has 0 amide bonds. The van der Waals surface area contributed by atoms with Crippen LogP contribution in [0.4, 0.5) is 0 Å². The van der Waals surface area contributed by atoms with Crippen LogP contribution < -0.4 is 0 Å². The van der Waals surface area contributed by atoms with E-state index in [1.807, 2.05) is 91.0 Å². The third-order valence-electron chi connectivity index (χ3n) is 8.82. The van der Waals surface area contributed by atoms with E-state index in [9.17, 15) is 1.37 Å². The number of nitrogens with zero attached hydrogens (tertiary/aromatic N) is 3. The third kappa shape index (κ3) is 4.75. The summed E-state index contributed by atoms with van der Waals surface area (Å²) in [6, 6.07) is 36.2. The molecule has 0 aliphatic carbocycles. The van der Waals surface area contributed by atoms with Gasteiger partial charge in [-0.05, 0) is 58.6 Å². The van der Waals surface area contributed by atoms with Crippen molar-refractivity contribution in [3.8, 4) is 56.4 Å². The Morgan fingerprint density at radius 3 is 1.94 bits per heavy atom. The summed E-state index contributed by atoms with van der Waals surface area (Å²) in [5.41, 5.74) is 5.85. The van der Waals surface area contributed by atoms with Crippen LogP contribution in [0.5, 0.6) is 0 Å². The molecular formula is C45H27N3O2. The van der Waals surface area contributed by atoms with Gasteiger partial charge in [0.05, 0.1) is 9.60 Å². The first kappa shape index (κ1) is 21.9. The second-order valence-corrected chi connectivity index (χ2v) is 11.9. The Morgan fingerprint density at radius 2 is 1.04 bits per heavy atom. The minimum absolute atomic E-state index is 0.00196. The maximum Gasteiger partial charge on any atom is 0.164 e. The van der Waals surface area contributed by atoms with Gasteiger partial charge in [-0.2, -0.15) is 0 Å². The number of rotatable bonds is 5. The molecule has 0 aliphatic rings. The molecule has 5 heteroatoms. The molecule has 0 bridgehead atoms. The van der Waals surface area contributed by atoms with Gasteiger partial charge in [0, 0.05) is 38.2 Å². The molecule has 0 radical (unpaired) electrons. The van der Waals surface area contributed by atoms with E-state index < -0.39 is 18.1 Å². The Labute approximate surface area is 297 Å². The molecule has 0 saturated carbocycles. The van der Waals surface area contributed by atoms with Crippen molar-refractivity contribution in [3.05, 3.63) is 164 Å². The zero-order valence-electron chi connectivity index (χ0n) is 33.2. The number of aromatic nitrogens is 3. The first-order valence-corrected chi connectivity index (χ1v) is 16.0. The Hall–Kier alpha value is -6.85. The van der Waals surface area contributed by atoms with Crippen molar-refractivity contribution in [2.24, 2.45) is 0 Å². The van der Waals surface area contributed by atoms with Crippen molar-refractivity contribution in [2.75, 3.05) is 0 Å². The van der Waals surface area contributed by atoms with Crippen LogP contribution in [-0.4, -0.2) is 15.0 Å². The third-order valence-corrected chi connectivity index (χ3v) is 8.82. The number of para-hydroxylation sites is 2. The highest BCUT2D eigenvalue weighted by molar-refractivity contribution is 6.12. The first-order chi connectivity index (χ1) is 27.7. The molecule has 0 atom stereocenters. The van der Waals surface area contributed by atoms with Crippen molar-refractivity contribution in [1.82, 2.24) is 15.0 Å². The van der Waals surface area contributed by atoms with Gasteiger partial charge in [0.2, 0.25) is 0 Å². The number of hydrogen-bond donors (Lipinski definition) is 0. The van der Waals surface area contributed by atoms with E-state index in [-0.39, 0.29) is 51.7 Å². The highest BCUT2D eigenvalue weighted by Gasteiger charge is 2.18. The highest BCUT2D eigenvalue weighted by Crippen LogP contribution is 2.38. The summed E-state index contributed by atoms with van der Waals surface area (Å²) in [5.74, 6) is 1.18. The Morgan fingerprint density at radius 1 is 0.400 bits per heavy atom. The molecule has 3 aromatic heterocycles. The summed E-state index contributed by atoms with van der Waals surface area (Å²) >= 11 is 0. The zero-order chi connectivity index (χ0) is 39.1. The fourth-order valence-corrected chi connectivity index (χ4v) is 6.42. The lowest BCUT2D eigenvalue weighted by Gasteiger charge is -2.11. The van der Waals surface area contributed by atoms with Gasteiger partial charge in [0.25, 0.3) is 0 Å². The lowest BCUT2D eigenvalue weighted by atomic mass is 10.0. The quantitative estimate of drug-likeness (QED) is 0.186. The molecule has 50 heavy (non-hydrogen) atoms. The van der Waals surface area contributed by atoms with Crippen LogP contribution in [0.25, 0.3) is 100 Å². The second-order valence-electron chi connectivity index (χ2n) is 11.9. The van der Waals surface area contributed by atoms with Crippen LogP contribution in [0.1, 0.15) is 9.60 Å². The molecule has 0 unspecified atom stereocenters. The van der Waals surface area contributed by atoms with Gasteiger partial charge in [0.1, 0.15) is 22.3 Å². The molecular weight excluding hydrogens is 615 g/mol. The van der Waals surface area contributed by atoms with Crippen LogP contribution in [0.15, 0.2) is 172 Å². The van der Waals surface area contributed by atoms with Gasteiger partial charge in [0.15, 0.2) is 17.5 Å². The van der Waals surface area contributed by atoms with Crippen molar-refractivity contribution >= 4 is 43.9 Å². The summed E-state index contributed by atoms with van der Waals surface area (Å²) in [5, 5.41) is 1.83. The summed E-state index contributed by atoms with van der Waals surface area (Å²) in [6.07, 6.45) is 0. The Balaban J connectivity index is 1.18. The van der Waals surface area contributed by atoms with Crippen LogP contribution in [0.3, 0.4) is 0 Å². The van der Waals surface area contributed by atoms with Crippen LogP contribution in [-0.2, 0) is 0 Å². The monoisotopic (exact) mass is 648 g/mol. The van der Waals surface area contributed by atoms with E-state index in [1.54, 1.807) is 18.2 Å². The largest absolute Gasteiger partial charge is 0.456 e. The molecule has 0 saturated heterocycles. The van der Waals surface area contributed by atoms with Gasteiger partial charge in [-0.1, -0.05) is 127 Å². The van der Waals surface area contributed by atoms with Crippen LogP contribution >= 0.6 is 0 Å². The fourth-order valence-electron chi connectivity index (χ4n) is 6.42.